The molecule has 3 unspecified atom stereocenters. The van der Waals surface area contributed by atoms with Crippen LogP contribution in [-0.2, 0) is 4.79 Å². The van der Waals surface area contributed by atoms with E-state index in [-0.39, 0.29) is 11.5 Å². The average molecular weight is 288 g/mol. The zero-order chi connectivity index (χ0) is 14.8. The predicted molar refractivity (Wildman–Crippen MR) is 82.6 cm³/mol. The zero-order valence-corrected chi connectivity index (χ0v) is 13.3. The summed E-state index contributed by atoms with van der Waals surface area (Å²) in [7, 11) is 0. The van der Waals surface area contributed by atoms with Gasteiger partial charge in [-0.2, -0.15) is 0 Å². The molecule has 21 heavy (non-hydrogen) atoms. The number of hydrogen-bond donors (Lipinski definition) is 1. The maximum atomic E-state index is 11.8. The van der Waals surface area contributed by atoms with Gasteiger partial charge >= 0.3 is 0 Å². The van der Waals surface area contributed by atoms with Gasteiger partial charge in [-0.05, 0) is 79.6 Å². The topological polar surface area (TPSA) is 37.3 Å². The van der Waals surface area contributed by atoms with E-state index in [1.54, 1.807) is 0 Å². The molecule has 116 valence electrons. The van der Waals surface area contributed by atoms with E-state index in [1.165, 1.54) is 24.8 Å². The first-order valence-corrected chi connectivity index (χ1v) is 8.92. The molecule has 0 saturated heterocycles. The Morgan fingerprint density at radius 2 is 2.05 bits per heavy atom. The van der Waals surface area contributed by atoms with Crippen LogP contribution in [0.25, 0.3) is 0 Å². The lowest BCUT2D eigenvalue weighted by atomic mass is 9.49. The molecule has 4 rings (SSSR count). The summed E-state index contributed by atoms with van der Waals surface area (Å²) < 4.78 is 0. The summed E-state index contributed by atoms with van der Waals surface area (Å²) in [6.45, 7) is 4.73. The molecule has 0 aliphatic heterocycles. The second-order valence-electron chi connectivity index (χ2n) is 8.50. The first kappa shape index (κ1) is 14.0. The van der Waals surface area contributed by atoms with Crippen LogP contribution < -0.4 is 0 Å². The molecular weight excluding hydrogens is 260 g/mol. The van der Waals surface area contributed by atoms with Crippen LogP contribution in [0.4, 0.5) is 0 Å². The van der Waals surface area contributed by atoms with Crippen LogP contribution in [0.5, 0.6) is 0 Å². The van der Waals surface area contributed by atoms with E-state index in [2.05, 4.69) is 13.8 Å². The third kappa shape index (κ3) is 1.91. The van der Waals surface area contributed by atoms with Crippen LogP contribution in [0.2, 0.25) is 0 Å². The third-order valence-electron chi connectivity index (χ3n) is 7.59. The Bertz CT molecular complexity index is 494. The number of aliphatic hydroxyl groups is 1. The number of fused-ring (bicyclic) bond motifs is 5. The molecule has 2 nitrogen and oxygen atoms in total. The van der Waals surface area contributed by atoms with Crippen LogP contribution in [0.1, 0.15) is 58.8 Å². The van der Waals surface area contributed by atoms with E-state index < -0.39 is 0 Å². The van der Waals surface area contributed by atoms with E-state index in [0.717, 1.165) is 37.5 Å². The predicted octanol–water partition coefficient (Wildman–Crippen LogP) is 3.74. The van der Waals surface area contributed by atoms with Gasteiger partial charge in [0.2, 0.25) is 0 Å². The van der Waals surface area contributed by atoms with Gasteiger partial charge in [0, 0.05) is 6.42 Å². The summed E-state index contributed by atoms with van der Waals surface area (Å²) in [5.74, 6) is 3.96. The van der Waals surface area contributed by atoms with Crippen molar-refractivity contribution in [2.75, 3.05) is 0 Å². The maximum absolute atomic E-state index is 11.8. The lowest BCUT2D eigenvalue weighted by Gasteiger charge is -2.55. The third-order valence-corrected chi connectivity index (χ3v) is 7.59. The highest BCUT2D eigenvalue weighted by molar-refractivity contribution is 5.91. The van der Waals surface area contributed by atoms with Gasteiger partial charge in [-0.15, -0.1) is 0 Å². The standard InChI is InChI=1S/C19H28O2/c1-11-9-12-10-13(20)3-4-14(12)15-7-8-19(2)16(18(11)15)5-6-17(19)21/h10-11,14-18,21H,3-9H2,1-2H3/t11-,14?,15?,16+,17?,18-,19+/m1/s1. The van der Waals surface area contributed by atoms with Crippen molar-refractivity contribution in [3.8, 4) is 0 Å². The fourth-order valence-electron chi connectivity index (χ4n) is 6.56. The van der Waals surface area contributed by atoms with Gasteiger partial charge in [0.05, 0.1) is 6.10 Å². The molecule has 7 atom stereocenters. The lowest BCUT2D eigenvalue weighted by molar-refractivity contribution is -0.116. The van der Waals surface area contributed by atoms with Crippen LogP contribution in [0, 0.1) is 35.0 Å². The SMILES string of the molecule is C[C@@H]1CC2=CC(=O)CCC2C2CC[C@]3(C)C(O)CC[C@H]3[C@@H]21. The van der Waals surface area contributed by atoms with Gasteiger partial charge in [0.25, 0.3) is 0 Å². The first-order valence-electron chi connectivity index (χ1n) is 8.92. The van der Waals surface area contributed by atoms with E-state index in [4.69, 9.17) is 0 Å². The second-order valence-corrected chi connectivity index (χ2v) is 8.50. The Morgan fingerprint density at radius 1 is 1.24 bits per heavy atom. The largest absolute Gasteiger partial charge is 0.393 e. The highest BCUT2D eigenvalue weighted by Gasteiger charge is 2.57. The molecule has 0 spiro atoms. The fraction of sp³-hybridized carbons (Fsp3) is 0.842. The lowest BCUT2D eigenvalue weighted by Crippen LogP contribution is -2.50. The molecule has 4 aliphatic carbocycles. The molecule has 0 bridgehead atoms. The molecule has 0 heterocycles. The fourth-order valence-corrected chi connectivity index (χ4v) is 6.56. The van der Waals surface area contributed by atoms with Crippen LogP contribution in [0.15, 0.2) is 11.6 Å². The van der Waals surface area contributed by atoms with Gasteiger partial charge < -0.3 is 5.11 Å². The van der Waals surface area contributed by atoms with Crippen molar-refractivity contribution in [1.29, 1.82) is 0 Å². The number of aliphatic hydroxyl groups excluding tert-OH is 1. The Kier molecular flexibility index (Phi) is 3.12. The summed E-state index contributed by atoms with van der Waals surface area (Å²) in [4.78, 5) is 11.8. The van der Waals surface area contributed by atoms with E-state index in [9.17, 15) is 9.90 Å². The second kappa shape index (κ2) is 4.68. The van der Waals surface area contributed by atoms with Crippen molar-refractivity contribution in [2.45, 2.75) is 64.9 Å². The van der Waals surface area contributed by atoms with Crippen LogP contribution in [-0.4, -0.2) is 17.0 Å². The van der Waals surface area contributed by atoms with Gasteiger partial charge in [-0.1, -0.05) is 19.4 Å². The maximum Gasteiger partial charge on any atom is 0.155 e. The molecule has 1 N–H and O–H groups in total. The summed E-state index contributed by atoms with van der Waals surface area (Å²) in [5, 5.41) is 10.5. The molecule has 0 radical (unpaired) electrons. The summed E-state index contributed by atoms with van der Waals surface area (Å²) in [6, 6.07) is 0. The molecule has 0 aromatic carbocycles. The first-order chi connectivity index (χ1) is 10.0. The van der Waals surface area contributed by atoms with Gasteiger partial charge in [0.1, 0.15) is 0 Å². The van der Waals surface area contributed by atoms with E-state index in [1.807, 2.05) is 6.08 Å². The number of allylic oxidation sites excluding steroid dienone is 1. The summed E-state index contributed by atoms with van der Waals surface area (Å²) in [5.41, 5.74) is 1.63. The molecule has 0 aromatic heterocycles. The highest BCUT2D eigenvalue weighted by atomic mass is 16.3. The smallest absolute Gasteiger partial charge is 0.155 e. The quantitative estimate of drug-likeness (QED) is 0.737. The minimum absolute atomic E-state index is 0.0828. The molecule has 0 amide bonds. The number of hydrogen-bond acceptors (Lipinski definition) is 2. The number of rotatable bonds is 0. The number of carbonyl (C=O) groups is 1. The summed E-state index contributed by atoms with van der Waals surface area (Å²) in [6.07, 6.45) is 9.54. The molecule has 2 heteroatoms. The van der Waals surface area contributed by atoms with Crippen molar-refractivity contribution in [2.24, 2.45) is 35.0 Å². The Hall–Kier alpha value is -0.630. The average Bonchev–Trinajstić information content (AvgIpc) is 2.74. The van der Waals surface area contributed by atoms with Gasteiger partial charge in [-0.25, -0.2) is 0 Å². The summed E-state index contributed by atoms with van der Waals surface area (Å²) >= 11 is 0. The van der Waals surface area contributed by atoms with Gasteiger partial charge in [0.15, 0.2) is 5.78 Å². The monoisotopic (exact) mass is 288 g/mol. The minimum Gasteiger partial charge on any atom is -0.393 e. The van der Waals surface area contributed by atoms with Crippen molar-refractivity contribution < 1.29 is 9.90 Å². The highest BCUT2D eigenvalue weighted by Crippen LogP contribution is 2.62. The Labute approximate surface area is 128 Å². The molecular formula is C19H28O2. The number of ketones is 1. The zero-order valence-electron chi connectivity index (χ0n) is 13.3. The van der Waals surface area contributed by atoms with Crippen LogP contribution >= 0.6 is 0 Å². The minimum atomic E-state index is -0.0828. The molecule has 0 aromatic rings. The Morgan fingerprint density at radius 3 is 2.86 bits per heavy atom. The van der Waals surface area contributed by atoms with Crippen molar-refractivity contribution in [3.05, 3.63) is 11.6 Å². The van der Waals surface area contributed by atoms with Crippen molar-refractivity contribution in [1.82, 2.24) is 0 Å². The van der Waals surface area contributed by atoms with Gasteiger partial charge in [-0.3, -0.25) is 4.79 Å². The molecule has 3 saturated carbocycles. The van der Waals surface area contributed by atoms with Crippen LogP contribution in [0.3, 0.4) is 0 Å². The van der Waals surface area contributed by atoms with E-state index in [0.29, 0.717) is 23.5 Å². The molecule has 3 fully saturated rings. The van der Waals surface area contributed by atoms with E-state index >= 15 is 0 Å². The number of carbonyl (C=O) groups excluding carboxylic acids is 1. The molecule has 4 aliphatic rings. The van der Waals surface area contributed by atoms with Crippen molar-refractivity contribution in [3.63, 3.8) is 0 Å². The Balaban J connectivity index is 1.68. The normalized spacial score (nSPS) is 52.7. The van der Waals surface area contributed by atoms with Crippen molar-refractivity contribution >= 4 is 5.78 Å².